The normalized spacial score (nSPS) is 12.0. The van der Waals surface area contributed by atoms with Gasteiger partial charge >= 0.3 is 0 Å². The van der Waals surface area contributed by atoms with Gasteiger partial charge in [0.15, 0.2) is 0 Å². The van der Waals surface area contributed by atoms with Crippen LogP contribution in [0.3, 0.4) is 0 Å². The molecule has 0 radical (unpaired) electrons. The summed E-state index contributed by atoms with van der Waals surface area (Å²) in [4.78, 5) is 0. The Kier molecular flexibility index (Phi) is 18.7. The SMILES string of the molecule is CCCCCCCCCCCCNC(C)(C)CCCCCCCCC. The van der Waals surface area contributed by atoms with Crippen molar-refractivity contribution in [2.45, 2.75) is 149 Å². The third-order valence-electron chi connectivity index (χ3n) is 5.54. The number of nitrogens with one attached hydrogen (secondary N) is 1. The summed E-state index contributed by atoms with van der Waals surface area (Å²) in [6.07, 6.45) is 25.5. The van der Waals surface area contributed by atoms with Crippen LogP contribution in [0.2, 0.25) is 0 Å². The minimum Gasteiger partial charge on any atom is -0.312 e. The Morgan fingerprint density at radius 2 is 0.840 bits per heavy atom. The van der Waals surface area contributed by atoms with Gasteiger partial charge in [-0.2, -0.15) is 0 Å². The Labute approximate surface area is 161 Å². The molecule has 0 rings (SSSR count). The summed E-state index contributed by atoms with van der Waals surface area (Å²) < 4.78 is 0. The smallest absolute Gasteiger partial charge is 0.0125 e. The lowest BCUT2D eigenvalue weighted by Crippen LogP contribution is -2.39. The fourth-order valence-corrected chi connectivity index (χ4v) is 3.65. The highest BCUT2D eigenvalue weighted by Gasteiger charge is 2.15. The largest absolute Gasteiger partial charge is 0.312 e. The maximum absolute atomic E-state index is 3.80. The molecule has 0 saturated carbocycles. The van der Waals surface area contributed by atoms with Crippen LogP contribution < -0.4 is 5.32 Å². The van der Waals surface area contributed by atoms with E-state index in [1.54, 1.807) is 0 Å². The van der Waals surface area contributed by atoms with Gasteiger partial charge in [-0.15, -0.1) is 0 Å². The first-order valence-corrected chi connectivity index (χ1v) is 11.9. The predicted molar refractivity (Wildman–Crippen MR) is 117 cm³/mol. The van der Waals surface area contributed by atoms with Gasteiger partial charge < -0.3 is 5.32 Å². The number of hydrogen-bond donors (Lipinski definition) is 1. The van der Waals surface area contributed by atoms with Gasteiger partial charge in [0, 0.05) is 5.54 Å². The summed E-state index contributed by atoms with van der Waals surface area (Å²) in [5, 5.41) is 3.80. The zero-order valence-corrected chi connectivity index (χ0v) is 18.4. The summed E-state index contributed by atoms with van der Waals surface area (Å²) in [7, 11) is 0. The second-order valence-corrected chi connectivity index (χ2v) is 8.86. The van der Waals surface area contributed by atoms with E-state index in [2.05, 4.69) is 33.0 Å². The predicted octanol–water partition coefficient (Wildman–Crippen LogP) is 8.42. The molecule has 0 unspecified atom stereocenters. The van der Waals surface area contributed by atoms with Gasteiger partial charge in [0.05, 0.1) is 0 Å². The lowest BCUT2D eigenvalue weighted by atomic mass is 9.95. The van der Waals surface area contributed by atoms with Crippen LogP contribution in [0.5, 0.6) is 0 Å². The average molecular weight is 354 g/mol. The zero-order chi connectivity index (χ0) is 18.6. The van der Waals surface area contributed by atoms with E-state index < -0.39 is 0 Å². The molecule has 0 atom stereocenters. The van der Waals surface area contributed by atoms with Gasteiger partial charge in [-0.25, -0.2) is 0 Å². The van der Waals surface area contributed by atoms with Crippen molar-refractivity contribution in [1.29, 1.82) is 0 Å². The Hall–Kier alpha value is -0.0400. The standard InChI is InChI=1S/C24H51N/c1-5-7-9-11-13-14-15-17-19-21-23-25-24(3,4)22-20-18-16-12-10-8-6-2/h25H,5-23H2,1-4H3. The monoisotopic (exact) mass is 353 g/mol. The van der Waals surface area contributed by atoms with Crippen LogP contribution in [0.15, 0.2) is 0 Å². The Balaban J connectivity index is 3.30. The van der Waals surface area contributed by atoms with Crippen molar-refractivity contribution in [2.24, 2.45) is 0 Å². The van der Waals surface area contributed by atoms with Crippen molar-refractivity contribution in [3.63, 3.8) is 0 Å². The molecule has 0 aliphatic rings. The molecule has 25 heavy (non-hydrogen) atoms. The van der Waals surface area contributed by atoms with Crippen LogP contribution in [0.4, 0.5) is 0 Å². The summed E-state index contributed by atoms with van der Waals surface area (Å²) >= 11 is 0. The summed E-state index contributed by atoms with van der Waals surface area (Å²) in [6, 6.07) is 0. The van der Waals surface area contributed by atoms with Crippen molar-refractivity contribution >= 4 is 0 Å². The molecule has 0 fully saturated rings. The van der Waals surface area contributed by atoms with Gasteiger partial charge in [-0.05, 0) is 33.2 Å². The Morgan fingerprint density at radius 3 is 1.28 bits per heavy atom. The molecule has 0 saturated heterocycles. The molecule has 0 aromatic carbocycles. The van der Waals surface area contributed by atoms with Gasteiger partial charge in [-0.1, -0.05) is 117 Å². The quantitative estimate of drug-likeness (QED) is 0.217. The molecule has 0 heterocycles. The summed E-state index contributed by atoms with van der Waals surface area (Å²) in [5.74, 6) is 0. The van der Waals surface area contributed by atoms with E-state index in [1.807, 2.05) is 0 Å². The molecule has 0 amide bonds. The third kappa shape index (κ3) is 20.1. The first-order valence-electron chi connectivity index (χ1n) is 11.9. The molecule has 0 aliphatic heterocycles. The van der Waals surface area contributed by atoms with Crippen LogP contribution in [0.25, 0.3) is 0 Å². The maximum Gasteiger partial charge on any atom is 0.0125 e. The third-order valence-corrected chi connectivity index (χ3v) is 5.54. The van der Waals surface area contributed by atoms with Gasteiger partial charge in [-0.3, -0.25) is 0 Å². The lowest BCUT2D eigenvalue weighted by Gasteiger charge is -2.26. The highest BCUT2D eigenvalue weighted by Crippen LogP contribution is 2.16. The zero-order valence-electron chi connectivity index (χ0n) is 18.4. The molecular formula is C24H51N. The van der Waals surface area contributed by atoms with Crippen molar-refractivity contribution in [1.82, 2.24) is 5.32 Å². The first-order chi connectivity index (χ1) is 12.1. The fourth-order valence-electron chi connectivity index (χ4n) is 3.65. The van der Waals surface area contributed by atoms with E-state index in [4.69, 9.17) is 0 Å². The molecular weight excluding hydrogens is 302 g/mol. The minimum atomic E-state index is 0.336. The molecule has 0 aromatic heterocycles. The van der Waals surface area contributed by atoms with Gasteiger partial charge in [0.1, 0.15) is 0 Å². The topological polar surface area (TPSA) is 12.0 Å². The van der Waals surface area contributed by atoms with Crippen molar-refractivity contribution < 1.29 is 0 Å². The second-order valence-electron chi connectivity index (χ2n) is 8.86. The van der Waals surface area contributed by atoms with E-state index in [0.717, 1.165) is 0 Å². The van der Waals surface area contributed by atoms with Crippen molar-refractivity contribution in [3.05, 3.63) is 0 Å². The average Bonchev–Trinajstić information content (AvgIpc) is 2.59. The fraction of sp³-hybridized carbons (Fsp3) is 1.00. The summed E-state index contributed by atoms with van der Waals surface area (Å²) in [5.41, 5.74) is 0.336. The molecule has 0 bridgehead atoms. The first kappa shape index (κ1) is 25.0. The van der Waals surface area contributed by atoms with E-state index >= 15 is 0 Å². The molecule has 0 aliphatic carbocycles. The Morgan fingerprint density at radius 1 is 0.480 bits per heavy atom. The van der Waals surface area contributed by atoms with Crippen LogP contribution in [0, 0.1) is 0 Å². The van der Waals surface area contributed by atoms with Crippen LogP contribution in [-0.4, -0.2) is 12.1 Å². The highest BCUT2D eigenvalue weighted by atomic mass is 14.9. The van der Waals surface area contributed by atoms with E-state index in [0.29, 0.717) is 5.54 Å². The number of rotatable bonds is 20. The number of unbranched alkanes of at least 4 members (excludes halogenated alkanes) is 15. The molecule has 1 heteroatoms. The van der Waals surface area contributed by atoms with E-state index in [9.17, 15) is 0 Å². The minimum absolute atomic E-state index is 0.336. The van der Waals surface area contributed by atoms with Crippen LogP contribution in [-0.2, 0) is 0 Å². The Bertz CT molecular complexity index is 246. The molecule has 152 valence electrons. The highest BCUT2D eigenvalue weighted by molar-refractivity contribution is 4.77. The van der Waals surface area contributed by atoms with Gasteiger partial charge in [0.2, 0.25) is 0 Å². The van der Waals surface area contributed by atoms with Crippen molar-refractivity contribution in [2.75, 3.05) is 6.54 Å². The van der Waals surface area contributed by atoms with E-state index in [1.165, 1.54) is 122 Å². The molecule has 1 nitrogen and oxygen atoms in total. The number of hydrogen-bond acceptors (Lipinski definition) is 1. The maximum atomic E-state index is 3.80. The second kappa shape index (κ2) is 18.7. The van der Waals surface area contributed by atoms with E-state index in [-0.39, 0.29) is 0 Å². The van der Waals surface area contributed by atoms with Crippen LogP contribution in [0.1, 0.15) is 143 Å². The molecule has 0 aromatic rings. The summed E-state index contributed by atoms with van der Waals surface area (Å²) in [6.45, 7) is 10.6. The molecule has 0 spiro atoms. The van der Waals surface area contributed by atoms with Crippen LogP contribution >= 0.6 is 0 Å². The van der Waals surface area contributed by atoms with Crippen molar-refractivity contribution in [3.8, 4) is 0 Å². The molecule has 1 N–H and O–H groups in total. The lowest BCUT2D eigenvalue weighted by molar-refractivity contribution is 0.342. The van der Waals surface area contributed by atoms with Gasteiger partial charge in [0.25, 0.3) is 0 Å².